The number of aryl methyl sites for hydroxylation is 1. The van der Waals surface area contributed by atoms with Gasteiger partial charge in [0.15, 0.2) is 0 Å². The maximum atomic E-state index is 4.16. The van der Waals surface area contributed by atoms with Crippen LogP contribution in [-0.2, 0) is 0 Å². The third-order valence-electron chi connectivity index (χ3n) is 1.42. The molecule has 1 heterocycles. The highest BCUT2D eigenvalue weighted by Gasteiger charge is 2.03. The van der Waals surface area contributed by atoms with Crippen LogP contribution in [0, 0.1) is 6.92 Å². The smallest absolute Gasteiger partial charge is 0.0925 e. The first-order chi connectivity index (χ1) is 4.22. The number of nitrogens with zero attached hydrogens (tertiary/aromatic N) is 1. The molecule has 0 unspecified atom stereocenters. The highest BCUT2D eigenvalue weighted by Crippen LogP contribution is 2.12. The molecular weight excluding hydrogens is 112 g/mol. The van der Waals surface area contributed by atoms with Crippen molar-refractivity contribution in [2.75, 3.05) is 0 Å². The Morgan fingerprint density at radius 3 is 2.44 bits per heavy atom. The number of aromatic nitrogens is 2. The molecule has 1 rings (SSSR count). The summed E-state index contributed by atoms with van der Waals surface area (Å²) in [6.07, 6.45) is 1.74. The molecule has 0 bridgehead atoms. The predicted octanol–water partition coefficient (Wildman–Crippen LogP) is 1.84. The van der Waals surface area contributed by atoms with Gasteiger partial charge in [-0.2, -0.15) is 0 Å². The zero-order valence-corrected chi connectivity index (χ0v) is 6.10. The first-order valence-electron chi connectivity index (χ1n) is 3.21. The molecule has 2 nitrogen and oxygen atoms in total. The molecule has 0 aromatic carbocycles. The lowest BCUT2D eigenvalue weighted by Crippen LogP contribution is -1.89. The third-order valence-corrected chi connectivity index (χ3v) is 1.42. The lowest BCUT2D eigenvalue weighted by molar-refractivity contribution is 0.822. The van der Waals surface area contributed by atoms with E-state index >= 15 is 0 Å². The third kappa shape index (κ3) is 1.12. The fourth-order valence-corrected chi connectivity index (χ4v) is 0.951. The Morgan fingerprint density at radius 2 is 2.22 bits per heavy atom. The van der Waals surface area contributed by atoms with E-state index in [-0.39, 0.29) is 0 Å². The van der Waals surface area contributed by atoms with E-state index in [1.165, 1.54) is 11.4 Å². The van der Waals surface area contributed by atoms with Crippen LogP contribution in [0.2, 0.25) is 0 Å². The molecule has 0 amide bonds. The summed E-state index contributed by atoms with van der Waals surface area (Å²) in [5.74, 6) is 0.538. The van der Waals surface area contributed by atoms with E-state index in [0.717, 1.165) is 0 Å². The molecular formula is C7H12N2. The van der Waals surface area contributed by atoms with Crippen LogP contribution in [-0.4, -0.2) is 9.97 Å². The van der Waals surface area contributed by atoms with Crippen LogP contribution >= 0.6 is 0 Å². The number of rotatable bonds is 1. The Bertz CT molecular complexity index is 189. The number of aromatic amines is 1. The van der Waals surface area contributed by atoms with Gasteiger partial charge in [-0.25, -0.2) is 4.98 Å². The summed E-state index contributed by atoms with van der Waals surface area (Å²) >= 11 is 0. The number of hydrogen-bond acceptors (Lipinski definition) is 1. The summed E-state index contributed by atoms with van der Waals surface area (Å²) in [6.45, 7) is 6.33. The van der Waals surface area contributed by atoms with Gasteiger partial charge in [0.1, 0.15) is 0 Å². The summed E-state index contributed by atoms with van der Waals surface area (Å²) in [7, 11) is 0. The SMILES string of the molecule is Cc1[nH]cnc1C(C)C. The van der Waals surface area contributed by atoms with Crippen molar-refractivity contribution >= 4 is 0 Å². The van der Waals surface area contributed by atoms with Gasteiger partial charge in [0.2, 0.25) is 0 Å². The Kier molecular flexibility index (Phi) is 1.56. The highest BCUT2D eigenvalue weighted by atomic mass is 14.9. The molecule has 0 aliphatic rings. The number of nitrogens with one attached hydrogen (secondary N) is 1. The maximum Gasteiger partial charge on any atom is 0.0925 e. The second-order valence-corrected chi connectivity index (χ2v) is 2.57. The van der Waals surface area contributed by atoms with Crippen molar-refractivity contribution in [3.8, 4) is 0 Å². The zero-order chi connectivity index (χ0) is 6.85. The molecule has 0 radical (unpaired) electrons. The largest absolute Gasteiger partial charge is 0.348 e. The predicted molar refractivity (Wildman–Crippen MR) is 37.4 cm³/mol. The van der Waals surface area contributed by atoms with Gasteiger partial charge in [0.05, 0.1) is 12.0 Å². The molecule has 1 N–H and O–H groups in total. The van der Waals surface area contributed by atoms with E-state index in [9.17, 15) is 0 Å². The molecule has 0 fully saturated rings. The molecule has 0 saturated carbocycles. The first-order valence-corrected chi connectivity index (χ1v) is 3.21. The first kappa shape index (κ1) is 6.33. The van der Waals surface area contributed by atoms with E-state index in [1.54, 1.807) is 6.33 Å². The van der Waals surface area contributed by atoms with Crippen molar-refractivity contribution in [2.24, 2.45) is 0 Å². The van der Waals surface area contributed by atoms with Crippen LogP contribution in [0.1, 0.15) is 31.2 Å². The van der Waals surface area contributed by atoms with Crippen molar-refractivity contribution in [3.05, 3.63) is 17.7 Å². The average Bonchev–Trinajstić information content (AvgIpc) is 2.13. The summed E-state index contributed by atoms with van der Waals surface area (Å²) in [5, 5.41) is 0. The molecule has 2 heteroatoms. The second kappa shape index (κ2) is 2.21. The number of imidazole rings is 1. The van der Waals surface area contributed by atoms with E-state index in [2.05, 4.69) is 23.8 Å². The molecule has 1 aromatic rings. The molecule has 0 spiro atoms. The van der Waals surface area contributed by atoms with Crippen molar-refractivity contribution in [3.63, 3.8) is 0 Å². The Labute approximate surface area is 55.3 Å². The van der Waals surface area contributed by atoms with Gasteiger partial charge in [-0.3, -0.25) is 0 Å². The van der Waals surface area contributed by atoms with Crippen molar-refractivity contribution in [1.82, 2.24) is 9.97 Å². The zero-order valence-electron chi connectivity index (χ0n) is 6.10. The van der Waals surface area contributed by atoms with Crippen molar-refractivity contribution < 1.29 is 0 Å². The van der Waals surface area contributed by atoms with Gasteiger partial charge >= 0.3 is 0 Å². The van der Waals surface area contributed by atoms with Crippen LogP contribution in [0.5, 0.6) is 0 Å². The fraction of sp³-hybridized carbons (Fsp3) is 0.571. The minimum absolute atomic E-state index is 0.538. The van der Waals surface area contributed by atoms with Crippen LogP contribution in [0.15, 0.2) is 6.33 Å². The standard InChI is InChI=1S/C7H12N2/c1-5(2)7-6(3)8-4-9-7/h4-5H,1-3H3,(H,8,9). The van der Waals surface area contributed by atoms with E-state index in [4.69, 9.17) is 0 Å². The Balaban J connectivity index is 2.94. The van der Waals surface area contributed by atoms with Crippen molar-refractivity contribution in [1.29, 1.82) is 0 Å². The molecule has 0 saturated heterocycles. The fourth-order valence-electron chi connectivity index (χ4n) is 0.951. The highest BCUT2D eigenvalue weighted by molar-refractivity contribution is 5.12. The van der Waals surface area contributed by atoms with Crippen LogP contribution < -0.4 is 0 Å². The van der Waals surface area contributed by atoms with Gasteiger partial charge < -0.3 is 4.98 Å². The number of hydrogen-bond donors (Lipinski definition) is 1. The van der Waals surface area contributed by atoms with Crippen LogP contribution in [0.4, 0.5) is 0 Å². The lowest BCUT2D eigenvalue weighted by atomic mass is 10.1. The van der Waals surface area contributed by atoms with Gasteiger partial charge in [0, 0.05) is 5.69 Å². The monoisotopic (exact) mass is 124 g/mol. The van der Waals surface area contributed by atoms with Gasteiger partial charge in [-0.15, -0.1) is 0 Å². The average molecular weight is 124 g/mol. The van der Waals surface area contributed by atoms with E-state index < -0.39 is 0 Å². The normalized spacial score (nSPS) is 10.7. The van der Waals surface area contributed by atoms with Crippen LogP contribution in [0.3, 0.4) is 0 Å². The van der Waals surface area contributed by atoms with Crippen molar-refractivity contribution in [2.45, 2.75) is 26.7 Å². The Hall–Kier alpha value is -0.790. The molecule has 0 atom stereocenters. The summed E-state index contributed by atoms with van der Waals surface area (Å²) < 4.78 is 0. The van der Waals surface area contributed by atoms with Gasteiger partial charge in [-0.05, 0) is 12.8 Å². The molecule has 1 aromatic heterocycles. The minimum atomic E-state index is 0.538. The van der Waals surface area contributed by atoms with E-state index in [0.29, 0.717) is 5.92 Å². The summed E-state index contributed by atoms with van der Waals surface area (Å²) in [6, 6.07) is 0. The maximum absolute atomic E-state index is 4.16. The molecule has 50 valence electrons. The van der Waals surface area contributed by atoms with Crippen LogP contribution in [0.25, 0.3) is 0 Å². The quantitative estimate of drug-likeness (QED) is 0.608. The molecule has 0 aliphatic heterocycles. The Morgan fingerprint density at radius 1 is 1.56 bits per heavy atom. The lowest BCUT2D eigenvalue weighted by Gasteiger charge is -1.98. The summed E-state index contributed by atoms with van der Waals surface area (Å²) in [5.41, 5.74) is 2.36. The number of H-pyrrole nitrogens is 1. The summed E-state index contributed by atoms with van der Waals surface area (Å²) in [4.78, 5) is 7.20. The second-order valence-electron chi connectivity index (χ2n) is 2.57. The molecule has 9 heavy (non-hydrogen) atoms. The van der Waals surface area contributed by atoms with Gasteiger partial charge in [-0.1, -0.05) is 13.8 Å². The van der Waals surface area contributed by atoms with Gasteiger partial charge in [0.25, 0.3) is 0 Å². The molecule has 0 aliphatic carbocycles. The minimum Gasteiger partial charge on any atom is -0.348 e. The van der Waals surface area contributed by atoms with E-state index in [1.807, 2.05) is 6.92 Å². The topological polar surface area (TPSA) is 28.7 Å².